The molecule has 2 aliphatic rings. The average Bonchev–Trinajstić information content (AvgIpc) is 3.06. The second-order valence-electron chi connectivity index (χ2n) is 5.63. The van der Waals surface area contributed by atoms with Crippen molar-refractivity contribution in [1.82, 2.24) is 15.0 Å². The van der Waals surface area contributed by atoms with E-state index in [4.69, 9.17) is 15.9 Å². The highest BCUT2D eigenvalue weighted by atomic mass is 16.7. The maximum absolute atomic E-state index is 6.17. The van der Waals surface area contributed by atoms with Crippen molar-refractivity contribution in [3.05, 3.63) is 11.9 Å². The van der Waals surface area contributed by atoms with Gasteiger partial charge in [-0.25, -0.2) is 4.68 Å². The molecule has 1 aromatic heterocycles. The van der Waals surface area contributed by atoms with Gasteiger partial charge in [0, 0.05) is 25.7 Å². The van der Waals surface area contributed by atoms with E-state index >= 15 is 0 Å². The van der Waals surface area contributed by atoms with Crippen LogP contribution in [0.4, 0.5) is 0 Å². The third-order valence-corrected chi connectivity index (χ3v) is 4.13. The number of aromatic nitrogens is 3. The van der Waals surface area contributed by atoms with Crippen LogP contribution < -0.4 is 0 Å². The molecule has 5 nitrogen and oxygen atoms in total. The lowest BCUT2D eigenvalue weighted by molar-refractivity contribution is -0.188. The van der Waals surface area contributed by atoms with E-state index in [1.165, 1.54) is 19.3 Å². The Morgan fingerprint density at radius 3 is 3.05 bits per heavy atom. The van der Waals surface area contributed by atoms with Crippen LogP contribution in [0.5, 0.6) is 0 Å². The molecule has 2 heterocycles. The number of ether oxygens (including phenoxy) is 2. The van der Waals surface area contributed by atoms with Gasteiger partial charge in [-0.1, -0.05) is 11.6 Å². The molecule has 1 spiro atoms. The van der Waals surface area contributed by atoms with E-state index in [9.17, 15) is 0 Å². The molecule has 3 rings (SSSR count). The summed E-state index contributed by atoms with van der Waals surface area (Å²) < 4.78 is 14.0. The summed E-state index contributed by atoms with van der Waals surface area (Å²) >= 11 is 0. The van der Waals surface area contributed by atoms with Gasteiger partial charge in [-0.15, -0.1) is 17.4 Å². The summed E-state index contributed by atoms with van der Waals surface area (Å²) in [6.45, 7) is 1.34. The van der Waals surface area contributed by atoms with Crippen molar-refractivity contribution in [3.63, 3.8) is 0 Å². The van der Waals surface area contributed by atoms with Crippen LogP contribution in [-0.4, -0.2) is 33.5 Å². The first-order valence-corrected chi connectivity index (χ1v) is 7.44. The second-order valence-corrected chi connectivity index (χ2v) is 5.63. The fourth-order valence-electron chi connectivity index (χ4n) is 3.08. The molecule has 20 heavy (non-hydrogen) atoms. The molecule has 5 heteroatoms. The number of hydrogen-bond donors (Lipinski definition) is 0. The summed E-state index contributed by atoms with van der Waals surface area (Å²) in [4.78, 5) is 0. The molecule has 1 saturated carbocycles. The Kier molecular flexibility index (Phi) is 4.04. The first-order chi connectivity index (χ1) is 9.81. The summed E-state index contributed by atoms with van der Waals surface area (Å²) in [7, 11) is 0. The van der Waals surface area contributed by atoms with Crippen molar-refractivity contribution in [2.75, 3.05) is 6.61 Å². The van der Waals surface area contributed by atoms with E-state index < -0.39 is 0 Å². The molecular formula is C15H21N3O2. The summed E-state index contributed by atoms with van der Waals surface area (Å²) in [5, 5.41) is 8.10. The minimum Gasteiger partial charge on any atom is -0.347 e. The molecule has 108 valence electrons. The molecule has 0 bridgehead atoms. The van der Waals surface area contributed by atoms with Gasteiger partial charge in [-0.3, -0.25) is 0 Å². The first-order valence-electron chi connectivity index (χ1n) is 7.44. The van der Waals surface area contributed by atoms with Crippen LogP contribution in [0.1, 0.15) is 44.2 Å². The van der Waals surface area contributed by atoms with Crippen LogP contribution in [-0.2, 0) is 22.4 Å². The van der Waals surface area contributed by atoms with Crippen LogP contribution >= 0.6 is 0 Å². The monoisotopic (exact) mass is 275 g/mol. The van der Waals surface area contributed by atoms with Gasteiger partial charge < -0.3 is 9.47 Å². The Hall–Kier alpha value is -1.38. The topological polar surface area (TPSA) is 49.2 Å². The van der Waals surface area contributed by atoms with Gasteiger partial charge in [0.1, 0.15) is 6.10 Å². The van der Waals surface area contributed by atoms with Gasteiger partial charge in [0.2, 0.25) is 0 Å². The second kappa shape index (κ2) is 5.94. The van der Waals surface area contributed by atoms with Crippen molar-refractivity contribution in [2.24, 2.45) is 0 Å². The Morgan fingerprint density at radius 2 is 2.25 bits per heavy atom. The Bertz CT molecular complexity index is 486. The number of aryl methyl sites for hydroxylation is 1. The fourth-order valence-corrected chi connectivity index (χ4v) is 3.08. The van der Waals surface area contributed by atoms with Crippen molar-refractivity contribution in [1.29, 1.82) is 0 Å². The van der Waals surface area contributed by atoms with Crippen molar-refractivity contribution < 1.29 is 9.47 Å². The minimum atomic E-state index is -0.317. The number of nitrogens with zero attached hydrogens (tertiary/aromatic N) is 3. The van der Waals surface area contributed by atoms with E-state index in [1.54, 1.807) is 6.20 Å². The highest BCUT2D eigenvalue weighted by Gasteiger charge is 2.42. The molecule has 1 aromatic rings. The summed E-state index contributed by atoms with van der Waals surface area (Å²) in [6, 6.07) is 0. The predicted molar refractivity (Wildman–Crippen MR) is 73.8 cm³/mol. The zero-order valence-corrected chi connectivity index (χ0v) is 11.8. The van der Waals surface area contributed by atoms with E-state index in [0.717, 1.165) is 25.0 Å². The smallest absolute Gasteiger partial charge is 0.168 e. The Labute approximate surface area is 119 Å². The van der Waals surface area contributed by atoms with Crippen LogP contribution in [0, 0.1) is 12.3 Å². The lowest BCUT2D eigenvalue weighted by Gasteiger charge is -2.31. The zero-order chi connectivity index (χ0) is 13.8. The summed E-state index contributed by atoms with van der Waals surface area (Å²) in [5.41, 5.74) is 1.07. The van der Waals surface area contributed by atoms with Crippen molar-refractivity contribution in [3.8, 4) is 12.3 Å². The van der Waals surface area contributed by atoms with E-state index in [2.05, 4.69) is 16.2 Å². The lowest BCUT2D eigenvalue weighted by atomic mass is 9.94. The summed E-state index contributed by atoms with van der Waals surface area (Å²) in [6.07, 6.45) is 14.4. The zero-order valence-electron chi connectivity index (χ0n) is 11.8. The molecule has 0 N–H and O–H groups in total. The van der Waals surface area contributed by atoms with Gasteiger partial charge in [0.05, 0.1) is 25.0 Å². The standard InChI is InChI=1S/C15H21N3O2/c1-2-3-7-13-10-16-17-18(13)11-14-12-19-15(20-14)8-5-4-6-9-15/h1,10,14H,3-9,11-12H2. The molecule has 0 radical (unpaired) electrons. The molecule has 1 unspecified atom stereocenters. The van der Waals surface area contributed by atoms with E-state index in [1.807, 2.05) is 4.68 Å². The number of terminal acetylenes is 1. The predicted octanol–water partition coefficient (Wildman–Crippen LogP) is 1.92. The van der Waals surface area contributed by atoms with Gasteiger partial charge in [0.15, 0.2) is 5.79 Å². The normalized spacial score (nSPS) is 24.9. The Balaban J connectivity index is 1.59. The molecular weight excluding hydrogens is 254 g/mol. The summed E-state index contributed by atoms with van der Waals surface area (Å²) in [5.74, 6) is 2.33. The van der Waals surface area contributed by atoms with Gasteiger partial charge >= 0.3 is 0 Å². The first kappa shape index (κ1) is 13.6. The maximum Gasteiger partial charge on any atom is 0.168 e. The van der Waals surface area contributed by atoms with Crippen LogP contribution in [0.25, 0.3) is 0 Å². The third-order valence-electron chi connectivity index (χ3n) is 4.13. The van der Waals surface area contributed by atoms with Crippen LogP contribution in [0.3, 0.4) is 0 Å². The number of hydrogen-bond acceptors (Lipinski definition) is 4. The van der Waals surface area contributed by atoms with Crippen LogP contribution in [0.15, 0.2) is 6.20 Å². The third kappa shape index (κ3) is 2.87. The largest absolute Gasteiger partial charge is 0.347 e. The van der Waals surface area contributed by atoms with Gasteiger partial charge in [-0.2, -0.15) is 0 Å². The van der Waals surface area contributed by atoms with Crippen molar-refractivity contribution in [2.45, 2.75) is 63.4 Å². The molecule has 0 aromatic carbocycles. The highest BCUT2D eigenvalue weighted by Crippen LogP contribution is 2.38. The highest BCUT2D eigenvalue weighted by molar-refractivity contribution is 4.99. The molecule has 1 aliphatic carbocycles. The quantitative estimate of drug-likeness (QED) is 0.788. The molecule has 1 aliphatic heterocycles. The van der Waals surface area contributed by atoms with E-state index in [-0.39, 0.29) is 11.9 Å². The molecule has 2 fully saturated rings. The van der Waals surface area contributed by atoms with Gasteiger partial charge in [0.25, 0.3) is 0 Å². The average molecular weight is 275 g/mol. The molecule has 1 atom stereocenters. The van der Waals surface area contributed by atoms with Crippen molar-refractivity contribution >= 4 is 0 Å². The van der Waals surface area contributed by atoms with Crippen LogP contribution in [0.2, 0.25) is 0 Å². The molecule has 0 amide bonds. The maximum atomic E-state index is 6.17. The Morgan fingerprint density at radius 1 is 1.40 bits per heavy atom. The number of rotatable bonds is 4. The fraction of sp³-hybridized carbons (Fsp3) is 0.733. The van der Waals surface area contributed by atoms with Gasteiger partial charge in [-0.05, 0) is 12.8 Å². The molecule has 1 saturated heterocycles. The van der Waals surface area contributed by atoms with E-state index in [0.29, 0.717) is 19.6 Å². The minimum absolute atomic E-state index is 0.0689. The lowest BCUT2D eigenvalue weighted by Crippen LogP contribution is -2.34. The SMILES string of the molecule is C#CCCc1cnnn1CC1COC2(CCCCC2)O1.